The van der Waals surface area contributed by atoms with Crippen LogP contribution >= 0.6 is 0 Å². The van der Waals surface area contributed by atoms with Crippen molar-refractivity contribution >= 4 is 0 Å². The summed E-state index contributed by atoms with van der Waals surface area (Å²) in [4.78, 5) is 0. The Kier molecular flexibility index (Phi) is 3.21. The van der Waals surface area contributed by atoms with Crippen LogP contribution in [0.25, 0.3) is 0 Å². The van der Waals surface area contributed by atoms with Crippen molar-refractivity contribution in [3.05, 3.63) is 0 Å². The van der Waals surface area contributed by atoms with Crippen LogP contribution in [0.2, 0.25) is 0 Å². The maximum Gasteiger partial charge on any atom is 0.406 e. The fraction of sp³-hybridized carbons (Fsp3) is 1.00. The standard InChI is InChI=1S/C12H20F3N/c1-9(10-5-3-2-4-6-10)16-11(7-8-11)12(13,14)15/h9-10,16H,2-8H2,1H3. The molecule has 1 nitrogen and oxygen atoms in total. The van der Waals surface area contributed by atoms with Gasteiger partial charge in [0.25, 0.3) is 0 Å². The van der Waals surface area contributed by atoms with Crippen molar-refractivity contribution in [3.63, 3.8) is 0 Å². The molecule has 0 aromatic rings. The summed E-state index contributed by atoms with van der Waals surface area (Å²) in [5.74, 6) is 0.438. The van der Waals surface area contributed by atoms with Gasteiger partial charge in [-0.15, -0.1) is 0 Å². The van der Waals surface area contributed by atoms with Crippen molar-refractivity contribution in [2.45, 2.75) is 69.6 Å². The number of rotatable bonds is 3. The van der Waals surface area contributed by atoms with Crippen LogP contribution in [0.15, 0.2) is 0 Å². The van der Waals surface area contributed by atoms with Crippen LogP contribution in [0.3, 0.4) is 0 Å². The average molecular weight is 235 g/mol. The lowest BCUT2D eigenvalue weighted by Gasteiger charge is -2.32. The minimum Gasteiger partial charge on any atom is -0.301 e. The van der Waals surface area contributed by atoms with Crippen molar-refractivity contribution in [2.24, 2.45) is 5.92 Å². The maximum atomic E-state index is 12.8. The third-order valence-electron chi connectivity index (χ3n) is 4.15. The van der Waals surface area contributed by atoms with Crippen molar-refractivity contribution in [1.29, 1.82) is 0 Å². The van der Waals surface area contributed by atoms with E-state index in [1.807, 2.05) is 6.92 Å². The molecular formula is C12H20F3N. The van der Waals surface area contributed by atoms with Gasteiger partial charge in [0.2, 0.25) is 0 Å². The topological polar surface area (TPSA) is 12.0 Å². The molecule has 0 heterocycles. The smallest absolute Gasteiger partial charge is 0.301 e. The minimum atomic E-state index is -4.07. The molecule has 2 saturated carbocycles. The van der Waals surface area contributed by atoms with Gasteiger partial charge in [-0.2, -0.15) is 13.2 Å². The van der Waals surface area contributed by atoms with Gasteiger partial charge in [-0.05, 0) is 38.5 Å². The second kappa shape index (κ2) is 4.21. The van der Waals surface area contributed by atoms with Gasteiger partial charge in [0.05, 0.1) is 0 Å². The lowest BCUT2D eigenvalue weighted by atomic mass is 9.84. The second-order valence-corrected chi connectivity index (χ2v) is 5.41. The largest absolute Gasteiger partial charge is 0.406 e. The summed E-state index contributed by atoms with van der Waals surface area (Å²) in [5.41, 5.74) is -1.54. The van der Waals surface area contributed by atoms with Crippen LogP contribution in [-0.4, -0.2) is 17.8 Å². The molecule has 0 aromatic heterocycles. The van der Waals surface area contributed by atoms with Crippen LogP contribution < -0.4 is 5.32 Å². The van der Waals surface area contributed by atoms with Gasteiger partial charge in [0.15, 0.2) is 0 Å². The number of hydrogen-bond donors (Lipinski definition) is 1. The summed E-state index contributed by atoms with van der Waals surface area (Å²) >= 11 is 0. The molecule has 2 aliphatic rings. The van der Waals surface area contributed by atoms with Gasteiger partial charge in [-0.1, -0.05) is 19.3 Å². The summed E-state index contributed by atoms with van der Waals surface area (Å²) in [6.07, 6.45) is 2.21. The van der Waals surface area contributed by atoms with Gasteiger partial charge in [-0.25, -0.2) is 0 Å². The summed E-state index contributed by atoms with van der Waals surface area (Å²) < 4.78 is 38.3. The van der Waals surface area contributed by atoms with Crippen LogP contribution in [0.4, 0.5) is 13.2 Å². The molecule has 2 rings (SSSR count). The molecule has 1 unspecified atom stereocenters. The van der Waals surface area contributed by atoms with Gasteiger partial charge in [-0.3, -0.25) is 0 Å². The molecule has 94 valence electrons. The molecule has 4 heteroatoms. The lowest BCUT2D eigenvalue weighted by Crippen LogP contribution is -2.51. The maximum absolute atomic E-state index is 12.8. The molecule has 0 aliphatic heterocycles. The van der Waals surface area contributed by atoms with E-state index in [4.69, 9.17) is 0 Å². The molecule has 0 saturated heterocycles. The third kappa shape index (κ3) is 2.36. The molecule has 1 atom stereocenters. The van der Waals surface area contributed by atoms with Crippen molar-refractivity contribution < 1.29 is 13.2 Å². The normalized spacial score (nSPS) is 27.8. The van der Waals surface area contributed by atoms with Gasteiger partial charge >= 0.3 is 6.18 Å². The number of halogens is 3. The fourth-order valence-corrected chi connectivity index (χ4v) is 2.82. The van der Waals surface area contributed by atoms with Crippen LogP contribution in [0, 0.1) is 5.92 Å². The Labute approximate surface area is 94.8 Å². The van der Waals surface area contributed by atoms with Crippen molar-refractivity contribution in [1.82, 2.24) is 5.32 Å². The number of hydrogen-bond acceptors (Lipinski definition) is 1. The van der Waals surface area contributed by atoms with E-state index in [0.29, 0.717) is 5.92 Å². The first-order chi connectivity index (χ1) is 7.45. The first-order valence-corrected chi connectivity index (χ1v) is 6.29. The molecule has 0 bridgehead atoms. The van der Waals surface area contributed by atoms with E-state index >= 15 is 0 Å². The van der Waals surface area contributed by atoms with E-state index in [-0.39, 0.29) is 18.9 Å². The number of alkyl halides is 3. The van der Waals surface area contributed by atoms with Crippen molar-refractivity contribution in [3.8, 4) is 0 Å². The van der Waals surface area contributed by atoms with E-state index in [1.165, 1.54) is 19.3 Å². The van der Waals surface area contributed by atoms with Gasteiger partial charge < -0.3 is 5.32 Å². The predicted molar refractivity (Wildman–Crippen MR) is 57.2 cm³/mol. The highest BCUT2D eigenvalue weighted by Crippen LogP contribution is 2.49. The summed E-state index contributed by atoms with van der Waals surface area (Å²) in [6, 6.07) is 0.00410. The molecule has 0 aromatic carbocycles. The molecule has 0 spiro atoms. The highest BCUT2D eigenvalue weighted by atomic mass is 19.4. The Morgan fingerprint density at radius 1 is 1.12 bits per heavy atom. The summed E-state index contributed by atoms with van der Waals surface area (Å²) in [7, 11) is 0. The average Bonchev–Trinajstić information content (AvgIpc) is 2.99. The zero-order valence-electron chi connectivity index (χ0n) is 9.74. The highest BCUT2D eigenvalue weighted by Gasteiger charge is 2.63. The third-order valence-corrected chi connectivity index (χ3v) is 4.15. The highest BCUT2D eigenvalue weighted by molar-refractivity contribution is 5.09. The minimum absolute atomic E-state index is 0.00410. The van der Waals surface area contributed by atoms with Crippen molar-refractivity contribution in [2.75, 3.05) is 0 Å². The summed E-state index contributed by atoms with van der Waals surface area (Å²) in [6.45, 7) is 1.92. The molecule has 2 fully saturated rings. The van der Waals surface area contributed by atoms with E-state index < -0.39 is 11.7 Å². The van der Waals surface area contributed by atoms with Crippen LogP contribution in [0.1, 0.15) is 51.9 Å². The predicted octanol–water partition coefficient (Wildman–Crippen LogP) is 3.64. The lowest BCUT2D eigenvalue weighted by molar-refractivity contribution is -0.168. The molecular weight excluding hydrogens is 215 g/mol. The molecule has 0 amide bonds. The Hall–Kier alpha value is -0.250. The monoisotopic (exact) mass is 235 g/mol. The molecule has 1 N–H and O–H groups in total. The van der Waals surface area contributed by atoms with E-state index in [1.54, 1.807) is 0 Å². The Bertz CT molecular complexity index is 239. The second-order valence-electron chi connectivity index (χ2n) is 5.41. The fourth-order valence-electron chi connectivity index (χ4n) is 2.82. The SMILES string of the molecule is CC(NC1(C(F)(F)F)CC1)C1CCCCC1. The van der Waals surface area contributed by atoms with Gasteiger partial charge in [0.1, 0.15) is 5.54 Å². The van der Waals surface area contributed by atoms with E-state index in [2.05, 4.69) is 5.32 Å². The Morgan fingerprint density at radius 2 is 1.69 bits per heavy atom. The van der Waals surface area contributed by atoms with Crippen LogP contribution in [0.5, 0.6) is 0 Å². The van der Waals surface area contributed by atoms with E-state index in [0.717, 1.165) is 12.8 Å². The molecule has 2 aliphatic carbocycles. The van der Waals surface area contributed by atoms with Crippen LogP contribution in [-0.2, 0) is 0 Å². The molecule has 0 radical (unpaired) electrons. The first-order valence-electron chi connectivity index (χ1n) is 6.29. The first kappa shape index (κ1) is 12.2. The zero-order valence-corrected chi connectivity index (χ0v) is 9.74. The quantitative estimate of drug-likeness (QED) is 0.787. The summed E-state index contributed by atoms with van der Waals surface area (Å²) in [5, 5.41) is 2.85. The van der Waals surface area contributed by atoms with E-state index in [9.17, 15) is 13.2 Å². The van der Waals surface area contributed by atoms with Gasteiger partial charge in [0, 0.05) is 6.04 Å². The Balaban J connectivity index is 1.89. The number of nitrogens with one attached hydrogen (secondary N) is 1. The zero-order chi connectivity index (χ0) is 11.8. The molecule has 16 heavy (non-hydrogen) atoms. The Morgan fingerprint density at radius 3 is 2.12 bits per heavy atom.